The summed E-state index contributed by atoms with van der Waals surface area (Å²) in [6.07, 6.45) is 0. The van der Waals surface area contributed by atoms with Gasteiger partial charge in [0.2, 0.25) is 5.91 Å². The van der Waals surface area contributed by atoms with Gasteiger partial charge >= 0.3 is 0 Å². The Morgan fingerprint density at radius 1 is 1.16 bits per heavy atom. The van der Waals surface area contributed by atoms with Crippen LogP contribution in [0.4, 0.5) is 17.1 Å². The molecule has 0 saturated heterocycles. The summed E-state index contributed by atoms with van der Waals surface area (Å²) in [5, 5.41) is 11.8. The molecule has 5 N–H and O–H groups in total. The molecule has 0 atom stereocenters. The molecule has 1 amide bonds. The molecular weight excluding hydrogens is 240 g/mol. The second-order valence-corrected chi connectivity index (χ2v) is 3.98. The number of anilines is 3. The number of amides is 1. The fraction of sp³-hybridized carbons (Fsp3) is 0. The maximum atomic E-state index is 11.1. The lowest BCUT2D eigenvalue weighted by atomic mass is 10.1. The number of carbonyl (C=O) groups is 1. The molecule has 0 spiro atoms. The van der Waals surface area contributed by atoms with E-state index in [4.69, 9.17) is 16.7 Å². The minimum absolute atomic E-state index is 0.380. The van der Waals surface area contributed by atoms with E-state index < -0.39 is 5.91 Å². The van der Waals surface area contributed by atoms with Crippen LogP contribution in [0.1, 0.15) is 15.9 Å². The quantitative estimate of drug-likeness (QED) is 0.726. The summed E-state index contributed by atoms with van der Waals surface area (Å²) in [4.78, 5) is 11.1. The number of nitrogens with two attached hydrogens (primary N) is 2. The van der Waals surface area contributed by atoms with Gasteiger partial charge in [-0.25, -0.2) is 0 Å². The largest absolute Gasteiger partial charge is 0.397 e. The fourth-order valence-corrected chi connectivity index (χ4v) is 1.60. The third-order valence-corrected chi connectivity index (χ3v) is 2.63. The van der Waals surface area contributed by atoms with E-state index >= 15 is 0 Å². The first-order valence-electron chi connectivity index (χ1n) is 5.56. The zero-order valence-corrected chi connectivity index (χ0v) is 10.1. The van der Waals surface area contributed by atoms with E-state index in [0.717, 1.165) is 5.69 Å². The average molecular weight is 252 g/mol. The lowest BCUT2D eigenvalue weighted by molar-refractivity contribution is 0.100. The number of hydrogen-bond acceptors (Lipinski definition) is 4. The molecule has 2 aromatic rings. The van der Waals surface area contributed by atoms with Crippen LogP contribution in [0.3, 0.4) is 0 Å². The van der Waals surface area contributed by atoms with Gasteiger partial charge in [0.05, 0.1) is 23.0 Å². The Kier molecular flexibility index (Phi) is 3.35. The van der Waals surface area contributed by atoms with Gasteiger partial charge in [0, 0.05) is 11.3 Å². The molecule has 0 unspecified atom stereocenters. The Morgan fingerprint density at radius 3 is 2.42 bits per heavy atom. The van der Waals surface area contributed by atoms with Gasteiger partial charge in [-0.05, 0) is 42.5 Å². The first-order chi connectivity index (χ1) is 9.10. The van der Waals surface area contributed by atoms with Crippen molar-refractivity contribution in [1.82, 2.24) is 0 Å². The second-order valence-electron chi connectivity index (χ2n) is 3.98. The van der Waals surface area contributed by atoms with Gasteiger partial charge in [0.15, 0.2) is 0 Å². The molecule has 0 radical (unpaired) electrons. The number of benzene rings is 2. The number of nitrogens with zero attached hydrogens (tertiary/aromatic N) is 1. The highest BCUT2D eigenvalue weighted by atomic mass is 16.1. The molecule has 2 aromatic carbocycles. The van der Waals surface area contributed by atoms with E-state index in [1.807, 2.05) is 6.07 Å². The number of carbonyl (C=O) groups excluding carboxylic acids is 1. The molecule has 0 bridgehead atoms. The molecule has 5 heteroatoms. The topological polar surface area (TPSA) is 105 Å². The molecule has 2 rings (SSSR count). The van der Waals surface area contributed by atoms with Crippen LogP contribution >= 0.6 is 0 Å². The lowest BCUT2D eigenvalue weighted by Crippen LogP contribution is -2.11. The first kappa shape index (κ1) is 12.5. The molecule has 5 nitrogen and oxygen atoms in total. The Labute approximate surface area is 110 Å². The smallest absolute Gasteiger partial charge is 0.248 e. The van der Waals surface area contributed by atoms with Crippen molar-refractivity contribution in [3.8, 4) is 6.07 Å². The summed E-state index contributed by atoms with van der Waals surface area (Å²) < 4.78 is 0. The molecule has 0 aliphatic rings. The van der Waals surface area contributed by atoms with Crippen LogP contribution < -0.4 is 16.8 Å². The van der Waals surface area contributed by atoms with E-state index in [0.29, 0.717) is 22.5 Å². The summed E-state index contributed by atoms with van der Waals surface area (Å²) >= 11 is 0. The summed E-state index contributed by atoms with van der Waals surface area (Å²) in [6, 6.07) is 13.7. The summed E-state index contributed by atoms with van der Waals surface area (Å²) in [5.74, 6) is -0.511. The van der Waals surface area contributed by atoms with Crippen LogP contribution in [0.5, 0.6) is 0 Å². The maximum Gasteiger partial charge on any atom is 0.248 e. The van der Waals surface area contributed by atoms with Crippen LogP contribution in [0.2, 0.25) is 0 Å². The van der Waals surface area contributed by atoms with Crippen molar-refractivity contribution in [3.63, 3.8) is 0 Å². The number of rotatable bonds is 3. The van der Waals surface area contributed by atoms with Crippen LogP contribution in [0.15, 0.2) is 42.5 Å². The maximum absolute atomic E-state index is 11.1. The summed E-state index contributed by atoms with van der Waals surface area (Å²) in [6.45, 7) is 0. The van der Waals surface area contributed by atoms with Gasteiger partial charge in [-0.15, -0.1) is 0 Å². The number of nitriles is 1. The molecule has 94 valence electrons. The first-order valence-corrected chi connectivity index (χ1v) is 5.56. The van der Waals surface area contributed by atoms with Crippen LogP contribution in [-0.4, -0.2) is 5.91 Å². The Bertz CT molecular complexity index is 656. The van der Waals surface area contributed by atoms with Crippen molar-refractivity contribution in [2.24, 2.45) is 5.73 Å². The number of hydrogen-bond donors (Lipinski definition) is 3. The molecule has 19 heavy (non-hydrogen) atoms. The predicted octanol–water partition coefficient (Wildman–Crippen LogP) is 1.98. The SMILES string of the molecule is N#Cc1ccc(Nc2cc(C(N)=O)ccc2N)cc1. The van der Waals surface area contributed by atoms with Gasteiger partial charge in [0.1, 0.15) is 0 Å². The molecule has 0 aliphatic heterocycles. The minimum atomic E-state index is -0.511. The third-order valence-electron chi connectivity index (χ3n) is 2.63. The van der Waals surface area contributed by atoms with Crippen molar-refractivity contribution < 1.29 is 4.79 Å². The van der Waals surface area contributed by atoms with Crippen molar-refractivity contribution in [1.29, 1.82) is 5.26 Å². The summed E-state index contributed by atoms with van der Waals surface area (Å²) in [7, 11) is 0. The Hall–Kier alpha value is -3.00. The highest BCUT2D eigenvalue weighted by Gasteiger charge is 2.05. The van der Waals surface area contributed by atoms with E-state index in [-0.39, 0.29) is 0 Å². The second kappa shape index (κ2) is 5.10. The van der Waals surface area contributed by atoms with E-state index in [1.54, 1.807) is 42.5 Å². The molecular formula is C14H12N4O. The molecule has 0 aliphatic carbocycles. The van der Waals surface area contributed by atoms with Gasteiger partial charge in [-0.3, -0.25) is 4.79 Å². The highest BCUT2D eigenvalue weighted by Crippen LogP contribution is 2.24. The average Bonchev–Trinajstić information content (AvgIpc) is 2.42. The van der Waals surface area contributed by atoms with Crippen molar-refractivity contribution in [3.05, 3.63) is 53.6 Å². The van der Waals surface area contributed by atoms with Gasteiger partial charge in [-0.2, -0.15) is 5.26 Å². The van der Waals surface area contributed by atoms with Gasteiger partial charge < -0.3 is 16.8 Å². The number of primary amides is 1. The standard InChI is InChI=1S/C14H12N4O/c15-8-9-1-4-11(5-2-9)18-13-7-10(14(17)19)3-6-12(13)16/h1-7,18H,16H2,(H2,17,19). The Balaban J connectivity index is 2.29. The monoisotopic (exact) mass is 252 g/mol. The van der Waals surface area contributed by atoms with Crippen LogP contribution in [-0.2, 0) is 0 Å². The van der Waals surface area contributed by atoms with E-state index in [1.165, 1.54) is 0 Å². The normalized spacial score (nSPS) is 9.63. The van der Waals surface area contributed by atoms with Crippen molar-refractivity contribution in [2.75, 3.05) is 11.1 Å². The molecule has 0 heterocycles. The molecule has 0 fully saturated rings. The highest BCUT2D eigenvalue weighted by molar-refractivity contribution is 5.95. The zero-order valence-electron chi connectivity index (χ0n) is 10.1. The van der Waals surface area contributed by atoms with Crippen LogP contribution in [0, 0.1) is 11.3 Å². The van der Waals surface area contributed by atoms with Crippen LogP contribution in [0.25, 0.3) is 0 Å². The van der Waals surface area contributed by atoms with Gasteiger partial charge in [0.25, 0.3) is 0 Å². The lowest BCUT2D eigenvalue weighted by Gasteiger charge is -2.10. The minimum Gasteiger partial charge on any atom is -0.397 e. The number of nitrogens with one attached hydrogen (secondary N) is 1. The Morgan fingerprint density at radius 2 is 1.84 bits per heavy atom. The van der Waals surface area contributed by atoms with Crippen molar-refractivity contribution >= 4 is 23.0 Å². The number of nitrogen functional groups attached to an aromatic ring is 1. The van der Waals surface area contributed by atoms with E-state index in [2.05, 4.69) is 5.32 Å². The molecule has 0 aromatic heterocycles. The third kappa shape index (κ3) is 2.82. The predicted molar refractivity (Wildman–Crippen MR) is 73.8 cm³/mol. The van der Waals surface area contributed by atoms with Gasteiger partial charge in [-0.1, -0.05) is 0 Å². The van der Waals surface area contributed by atoms with E-state index in [9.17, 15) is 4.79 Å². The fourth-order valence-electron chi connectivity index (χ4n) is 1.60. The van der Waals surface area contributed by atoms with Crippen molar-refractivity contribution in [2.45, 2.75) is 0 Å². The summed E-state index contributed by atoms with van der Waals surface area (Å²) in [5.41, 5.74) is 13.9. The zero-order chi connectivity index (χ0) is 13.8. The molecule has 0 saturated carbocycles.